The lowest BCUT2D eigenvalue weighted by molar-refractivity contribution is 0.146. The Bertz CT molecular complexity index is 629. The van der Waals surface area contributed by atoms with Gasteiger partial charge in [0.15, 0.2) is 0 Å². The Labute approximate surface area is 108 Å². The average Bonchev–Trinajstić information content (AvgIpc) is 2.45. The molecule has 0 aliphatic carbocycles. The zero-order valence-electron chi connectivity index (χ0n) is 10.2. The van der Waals surface area contributed by atoms with E-state index in [1.54, 1.807) is 13.2 Å². The number of methoxy groups -OCH3 is 1. The number of aromatic nitrogens is 1. The average molecular weight is 263 g/mol. The van der Waals surface area contributed by atoms with Crippen LogP contribution in [-0.4, -0.2) is 12.1 Å². The summed E-state index contributed by atoms with van der Waals surface area (Å²) >= 11 is 0. The Hall–Kier alpha value is -2.17. The van der Waals surface area contributed by atoms with Crippen LogP contribution in [0.5, 0.6) is 11.5 Å². The molecule has 1 aromatic carbocycles. The van der Waals surface area contributed by atoms with Gasteiger partial charge in [-0.1, -0.05) is 6.07 Å². The monoisotopic (exact) mass is 263 g/mol. The molecule has 0 unspecified atom stereocenters. The summed E-state index contributed by atoms with van der Waals surface area (Å²) in [6.45, 7) is 0.384. The summed E-state index contributed by atoms with van der Waals surface area (Å²) in [4.78, 5) is 3.70. The highest BCUT2D eigenvalue weighted by Crippen LogP contribution is 2.39. The largest absolute Gasteiger partial charge is 0.497 e. The van der Waals surface area contributed by atoms with Crippen molar-refractivity contribution in [1.29, 1.82) is 0 Å². The summed E-state index contributed by atoms with van der Waals surface area (Å²) in [7, 11) is 1.58. The quantitative estimate of drug-likeness (QED) is 0.829. The number of ether oxygens (including phenoxy) is 2. The molecule has 0 spiro atoms. The van der Waals surface area contributed by atoms with Crippen LogP contribution in [-0.2, 0) is 6.61 Å². The molecule has 0 N–H and O–H groups in total. The lowest BCUT2D eigenvalue weighted by atomic mass is 9.97. The summed E-state index contributed by atoms with van der Waals surface area (Å²) in [5.74, 6) is 1.25. The van der Waals surface area contributed by atoms with Gasteiger partial charge in [0.05, 0.1) is 13.3 Å². The third-order valence-corrected chi connectivity index (χ3v) is 3.10. The van der Waals surface area contributed by atoms with E-state index in [0.717, 1.165) is 11.1 Å². The molecule has 3 nitrogen and oxygen atoms in total. The van der Waals surface area contributed by atoms with Crippen molar-refractivity contribution in [2.75, 3.05) is 7.11 Å². The van der Waals surface area contributed by atoms with Gasteiger partial charge in [-0.3, -0.25) is 4.98 Å². The highest BCUT2D eigenvalue weighted by Gasteiger charge is 2.20. The van der Waals surface area contributed by atoms with Gasteiger partial charge < -0.3 is 9.47 Å². The predicted molar refractivity (Wildman–Crippen MR) is 65.5 cm³/mol. The summed E-state index contributed by atoms with van der Waals surface area (Å²) in [5.41, 5.74) is 2.20. The van der Waals surface area contributed by atoms with E-state index in [9.17, 15) is 8.78 Å². The van der Waals surface area contributed by atoms with Crippen molar-refractivity contribution in [3.63, 3.8) is 0 Å². The third-order valence-electron chi connectivity index (χ3n) is 3.10. The zero-order valence-corrected chi connectivity index (χ0v) is 10.2. The Balaban J connectivity index is 2.14. The second kappa shape index (κ2) is 4.50. The van der Waals surface area contributed by atoms with Crippen molar-refractivity contribution < 1.29 is 18.3 Å². The van der Waals surface area contributed by atoms with Crippen LogP contribution in [0.3, 0.4) is 0 Å². The van der Waals surface area contributed by atoms with Crippen LogP contribution in [0.4, 0.5) is 8.78 Å². The molecule has 0 saturated heterocycles. The summed E-state index contributed by atoms with van der Waals surface area (Å²) in [6.07, 6.45) is -1.24. The van der Waals surface area contributed by atoms with Crippen LogP contribution in [0, 0.1) is 0 Å². The molecule has 5 heteroatoms. The lowest BCUT2D eigenvalue weighted by Crippen LogP contribution is -2.07. The molecule has 19 heavy (non-hydrogen) atoms. The van der Waals surface area contributed by atoms with Crippen LogP contribution in [0.15, 0.2) is 30.5 Å². The normalized spacial score (nSPS) is 12.6. The second-order valence-corrected chi connectivity index (χ2v) is 4.22. The topological polar surface area (TPSA) is 31.4 Å². The highest BCUT2D eigenvalue weighted by atomic mass is 19.3. The predicted octanol–water partition coefficient (Wildman–Crippen LogP) is 3.59. The second-order valence-electron chi connectivity index (χ2n) is 4.22. The SMILES string of the molecule is COc1ccc2c(c1)COc1cnc(C(F)F)cc1-2. The minimum atomic E-state index is -2.59. The van der Waals surface area contributed by atoms with Crippen LogP contribution in [0.25, 0.3) is 11.1 Å². The fraction of sp³-hybridized carbons (Fsp3) is 0.214. The van der Waals surface area contributed by atoms with Gasteiger partial charge in [-0.25, -0.2) is 8.78 Å². The zero-order chi connectivity index (χ0) is 13.4. The van der Waals surface area contributed by atoms with E-state index in [2.05, 4.69) is 4.98 Å². The molecule has 98 valence electrons. The molecule has 1 aliphatic rings. The van der Waals surface area contributed by atoms with Crippen LogP contribution < -0.4 is 9.47 Å². The number of nitrogens with zero attached hydrogens (tertiary/aromatic N) is 1. The number of hydrogen-bond acceptors (Lipinski definition) is 3. The summed E-state index contributed by atoms with van der Waals surface area (Å²) < 4.78 is 36.1. The molecule has 1 aliphatic heterocycles. The summed E-state index contributed by atoms with van der Waals surface area (Å²) in [6, 6.07) is 6.88. The molecule has 0 amide bonds. The Morgan fingerprint density at radius 1 is 1.26 bits per heavy atom. The maximum atomic E-state index is 12.7. The molecule has 2 heterocycles. The van der Waals surface area contributed by atoms with E-state index in [4.69, 9.17) is 9.47 Å². The molecular formula is C14H11F2NO2. The molecule has 0 radical (unpaired) electrons. The first-order valence-corrected chi connectivity index (χ1v) is 5.77. The molecule has 3 rings (SSSR count). The maximum Gasteiger partial charge on any atom is 0.280 e. The first kappa shape index (κ1) is 11.9. The van der Waals surface area contributed by atoms with Gasteiger partial charge in [0.1, 0.15) is 23.8 Å². The van der Waals surface area contributed by atoms with Crippen molar-refractivity contribution >= 4 is 0 Å². The third kappa shape index (κ3) is 2.01. The first-order valence-electron chi connectivity index (χ1n) is 5.77. The number of rotatable bonds is 2. The Morgan fingerprint density at radius 2 is 2.11 bits per heavy atom. The molecule has 2 aromatic rings. The fourth-order valence-electron chi connectivity index (χ4n) is 2.14. The number of fused-ring (bicyclic) bond motifs is 3. The lowest BCUT2D eigenvalue weighted by Gasteiger charge is -2.21. The molecule has 0 saturated carbocycles. The fourth-order valence-corrected chi connectivity index (χ4v) is 2.14. The van der Waals surface area contributed by atoms with Crippen molar-refractivity contribution in [3.05, 3.63) is 41.7 Å². The van der Waals surface area contributed by atoms with E-state index < -0.39 is 6.43 Å². The van der Waals surface area contributed by atoms with E-state index in [0.29, 0.717) is 23.7 Å². The van der Waals surface area contributed by atoms with E-state index in [1.807, 2.05) is 12.1 Å². The van der Waals surface area contributed by atoms with E-state index in [-0.39, 0.29) is 5.69 Å². The van der Waals surface area contributed by atoms with Gasteiger partial charge in [0, 0.05) is 11.1 Å². The van der Waals surface area contributed by atoms with Gasteiger partial charge in [-0.15, -0.1) is 0 Å². The Morgan fingerprint density at radius 3 is 2.84 bits per heavy atom. The minimum absolute atomic E-state index is 0.244. The molecular weight excluding hydrogens is 252 g/mol. The molecule has 0 bridgehead atoms. The van der Waals surface area contributed by atoms with Gasteiger partial charge in [0.2, 0.25) is 0 Å². The van der Waals surface area contributed by atoms with Gasteiger partial charge in [0.25, 0.3) is 6.43 Å². The van der Waals surface area contributed by atoms with E-state index >= 15 is 0 Å². The van der Waals surface area contributed by atoms with Crippen LogP contribution in [0.2, 0.25) is 0 Å². The van der Waals surface area contributed by atoms with Gasteiger partial charge >= 0.3 is 0 Å². The molecule has 0 atom stereocenters. The number of benzene rings is 1. The smallest absolute Gasteiger partial charge is 0.280 e. The van der Waals surface area contributed by atoms with Crippen molar-refractivity contribution in [2.45, 2.75) is 13.0 Å². The standard InChI is InChI=1S/C14H11F2NO2/c1-18-9-2-3-10-8(4-9)7-19-13-6-17-12(14(15)16)5-11(10)13/h2-6,14H,7H2,1H3. The molecule has 1 aromatic heterocycles. The van der Waals surface area contributed by atoms with E-state index in [1.165, 1.54) is 12.3 Å². The Kier molecular flexibility index (Phi) is 2.81. The maximum absolute atomic E-state index is 12.7. The minimum Gasteiger partial charge on any atom is -0.497 e. The van der Waals surface area contributed by atoms with Crippen molar-refractivity contribution in [2.24, 2.45) is 0 Å². The van der Waals surface area contributed by atoms with Crippen LogP contribution in [0.1, 0.15) is 17.7 Å². The van der Waals surface area contributed by atoms with Gasteiger partial charge in [-0.2, -0.15) is 0 Å². The van der Waals surface area contributed by atoms with Crippen molar-refractivity contribution in [3.8, 4) is 22.6 Å². The number of hydrogen-bond donors (Lipinski definition) is 0. The van der Waals surface area contributed by atoms with Gasteiger partial charge in [-0.05, 0) is 23.8 Å². The first-order chi connectivity index (χ1) is 9.19. The number of halogens is 2. The number of alkyl halides is 2. The van der Waals surface area contributed by atoms with Crippen molar-refractivity contribution in [1.82, 2.24) is 4.98 Å². The summed E-state index contributed by atoms with van der Waals surface area (Å²) in [5, 5.41) is 0. The molecule has 0 fully saturated rings. The number of pyridine rings is 1. The highest BCUT2D eigenvalue weighted by molar-refractivity contribution is 5.75. The van der Waals surface area contributed by atoms with Crippen LogP contribution >= 0.6 is 0 Å².